The van der Waals surface area contributed by atoms with Crippen molar-refractivity contribution >= 4 is 16.8 Å². The summed E-state index contributed by atoms with van der Waals surface area (Å²) in [6, 6.07) is 0. The van der Waals surface area contributed by atoms with E-state index in [2.05, 4.69) is 5.16 Å². The monoisotopic (exact) mass is 123 g/mol. The Morgan fingerprint density at radius 2 is 2.57 bits per heavy atom. The van der Waals surface area contributed by atoms with Crippen molar-refractivity contribution in [2.24, 2.45) is 5.16 Å². The molecule has 7 heavy (non-hydrogen) atoms. The van der Waals surface area contributed by atoms with Gasteiger partial charge in [0.15, 0.2) is 0 Å². The zero-order valence-corrected chi connectivity index (χ0v) is 4.70. The lowest BCUT2D eigenvalue weighted by Crippen LogP contribution is -1.91. The molecule has 0 fully saturated rings. The summed E-state index contributed by atoms with van der Waals surface area (Å²) in [6.07, 6.45) is 1.65. The summed E-state index contributed by atoms with van der Waals surface area (Å²) in [7, 11) is 0. The normalized spacial score (nSPS) is 12.0. The van der Waals surface area contributed by atoms with Gasteiger partial charge in [0.1, 0.15) is 11.7 Å². The van der Waals surface area contributed by atoms with E-state index in [9.17, 15) is 4.39 Å². The van der Waals surface area contributed by atoms with Crippen LogP contribution >= 0.6 is 11.8 Å². The maximum absolute atomic E-state index is 11.3. The van der Waals surface area contributed by atoms with Crippen molar-refractivity contribution in [2.75, 3.05) is 12.9 Å². The highest BCUT2D eigenvalue weighted by Crippen LogP contribution is 1.96. The Morgan fingerprint density at radius 1 is 2.00 bits per heavy atom. The van der Waals surface area contributed by atoms with Gasteiger partial charge >= 0.3 is 0 Å². The van der Waals surface area contributed by atoms with Gasteiger partial charge in [0.05, 0.1) is 0 Å². The third-order valence-corrected chi connectivity index (χ3v) is 1.12. The van der Waals surface area contributed by atoms with E-state index in [-0.39, 0.29) is 5.04 Å². The van der Waals surface area contributed by atoms with Crippen LogP contribution in [0.15, 0.2) is 5.16 Å². The second kappa shape index (κ2) is 3.92. The van der Waals surface area contributed by atoms with Crippen LogP contribution < -0.4 is 0 Å². The predicted octanol–water partition coefficient (Wildman–Crippen LogP) is 1.11. The van der Waals surface area contributed by atoms with Crippen molar-refractivity contribution in [3.8, 4) is 0 Å². The Morgan fingerprint density at radius 3 is 2.57 bits per heavy atom. The highest BCUT2D eigenvalue weighted by atomic mass is 32.2. The summed E-state index contributed by atoms with van der Waals surface area (Å²) in [6.45, 7) is -0.683. The number of rotatable bonds is 1. The van der Waals surface area contributed by atoms with Gasteiger partial charge in [0, 0.05) is 0 Å². The molecule has 0 aliphatic carbocycles. The Balaban J connectivity index is 3.38. The van der Waals surface area contributed by atoms with Crippen molar-refractivity contribution in [3.05, 3.63) is 0 Å². The van der Waals surface area contributed by atoms with Crippen molar-refractivity contribution in [3.63, 3.8) is 0 Å². The molecular formula is C3H6FNOS. The van der Waals surface area contributed by atoms with Gasteiger partial charge in [0.2, 0.25) is 0 Å². The molecule has 4 heteroatoms. The van der Waals surface area contributed by atoms with E-state index in [1.807, 2.05) is 0 Å². The topological polar surface area (TPSA) is 32.6 Å². The number of alkyl halides is 1. The Kier molecular flexibility index (Phi) is 3.78. The summed E-state index contributed by atoms with van der Waals surface area (Å²) in [5.41, 5.74) is 0. The predicted molar refractivity (Wildman–Crippen MR) is 28.7 cm³/mol. The van der Waals surface area contributed by atoms with E-state index >= 15 is 0 Å². The molecule has 0 amide bonds. The summed E-state index contributed by atoms with van der Waals surface area (Å²) in [5, 5.41) is 10.6. The lowest BCUT2D eigenvalue weighted by molar-refractivity contribution is 0.318. The maximum atomic E-state index is 11.3. The van der Waals surface area contributed by atoms with Crippen LogP contribution in [0.1, 0.15) is 0 Å². The van der Waals surface area contributed by atoms with Gasteiger partial charge < -0.3 is 5.21 Å². The number of hydrogen-bond donors (Lipinski definition) is 1. The number of halogens is 1. The van der Waals surface area contributed by atoms with Crippen molar-refractivity contribution in [1.82, 2.24) is 0 Å². The Bertz CT molecular complexity index is 69.3. The highest BCUT2D eigenvalue weighted by Gasteiger charge is 1.91. The van der Waals surface area contributed by atoms with Crippen molar-refractivity contribution in [2.45, 2.75) is 0 Å². The minimum atomic E-state index is -0.683. The molecular weight excluding hydrogens is 117 g/mol. The van der Waals surface area contributed by atoms with E-state index in [1.165, 1.54) is 0 Å². The fraction of sp³-hybridized carbons (Fsp3) is 0.667. The van der Waals surface area contributed by atoms with E-state index in [0.29, 0.717) is 0 Å². The fourth-order valence-electron chi connectivity index (χ4n) is 0.122. The minimum Gasteiger partial charge on any atom is -0.410 e. The molecule has 0 radical (unpaired) electrons. The molecule has 0 aromatic carbocycles. The molecule has 0 unspecified atom stereocenters. The average Bonchev–Trinajstić information content (AvgIpc) is 1.72. The lowest BCUT2D eigenvalue weighted by atomic mass is 10.8. The Hall–Kier alpha value is -0.250. The number of thioether (sulfide) groups is 1. The van der Waals surface area contributed by atoms with E-state index < -0.39 is 6.67 Å². The van der Waals surface area contributed by atoms with E-state index in [1.54, 1.807) is 6.26 Å². The van der Waals surface area contributed by atoms with Gasteiger partial charge in [-0.25, -0.2) is 4.39 Å². The molecule has 0 aliphatic heterocycles. The van der Waals surface area contributed by atoms with Crippen LogP contribution in [-0.2, 0) is 0 Å². The molecule has 0 aromatic rings. The molecule has 0 saturated carbocycles. The largest absolute Gasteiger partial charge is 0.410 e. The summed E-state index contributed by atoms with van der Waals surface area (Å²) in [4.78, 5) is 0. The molecule has 0 rings (SSSR count). The third kappa shape index (κ3) is 2.45. The molecule has 0 spiro atoms. The zero-order valence-electron chi connectivity index (χ0n) is 3.89. The SMILES string of the molecule is CSC(CF)=NO. The van der Waals surface area contributed by atoms with E-state index in [0.717, 1.165) is 11.8 Å². The first-order chi connectivity index (χ1) is 3.35. The Labute approximate surface area is 45.4 Å². The molecule has 0 heterocycles. The molecule has 0 atom stereocenters. The quantitative estimate of drug-likeness (QED) is 0.245. The maximum Gasteiger partial charge on any atom is 0.143 e. The van der Waals surface area contributed by atoms with Gasteiger partial charge in [0.25, 0.3) is 0 Å². The molecule has 42 valence electrons. The van der Waals surface area contributed by atoms with Crippen LogP contribution in [0, 0.1) is 0 Å². The smallest absolute Gasteiger partial charge is 0.143 e. The van der Waals surface area contributed by atoms with E-state index in [4.69, 9.17) is 5.21 Å². The lowest BCUT2D eigenvalue weighted by Gasteiger charge is -1.86. The highest BCUT2D eigenvalue weighted by molar-refractivity contribution is 8.13. The van der Waals surface area contributed by atoms with Gasteiger partial charge in [-0.15, -0.1) is 11.8 Å². The van der Waals surface area contributed by atoms with Gasteiger partial charge in [-0.1, -0.05) is 5.16 Å². The van der Waals surface area contributed by atoms with Crippen LogP contribution in [0.25, 0.3) is 0 Å². The summed E-state index contributed by atoms with van der Waals surface area (Å²) >= 11 is 1.09. The minimum absolute atomic E-state index is 0.111. The van der Waals surface area contributed by atoms with Crippen molar-refractivity contribution in [1.29, 1.82) is 0 Å². The van der Waals surface area contributed by atoms with Crippen LogP contribution in [0.2, 0.25) is 0 Å². The second-order valence-electron chi connectivity index (χ2n) is 0.831. The fourth-order valence-corrected chi connectivity index (χ4v) is 0.313. The first-order valence-electron chi connectivity index (χ1n) is 1.66. The zero-order chi connectivity index (χ0) is 5.70. The van der Waals surface area contributed by atoms with Crippen LogP contribution in [0.3, 0.4) is 0 Å². The molecule has 2 nitrogen and oxygen atoms in total. The standard InChI is InChI=1S/C3H6FNOS/c1-7-3(2-4)5-6/h6H,2H2,1H3. The third-order valence-electron chi connectivity index (χ3n) is 0.461. The average molecular weight is 123 g/mol. The molecule has 0 aliphatic rings. The molecule has 0 saturated heterocycles. The number of hydrogen-bond acceptors (Lipinski definition) is 3. The van der Waals surface area contributed by atoms with Crippen LogP contribution in [-0.4, -0.2) is 23.2 Å². The van der Waals surface area contributed by atoms with Gasteiger partial charge in [-0.2, -0.15) is 0 Å². The van der Waals surface area contributed by atoms with Crippen LogP contribution in [0.5, 0.6) is 0 Å². The molecule has 0 aromatic heterocycles. The molecule has 1 N–H and O–H groups in total. The van der Waals surface area contributed by atoms with Gasteiger partial charge in [-0.3, -0.25) is 0 Å². The van der Waals surface area contributed by atoms with Crippen LogP contribution in [0.4, 0.5) is 4.39 Å². The number of oxime groups is 1. The second-order valence-corrected chi connectivity index (χ2v) is 1.71. The summed E-state index contributed by atoms with van der Waals surface area (Å²) < 4.78 is 11.3. The first-order valence-corrected chi connectivity index (χ1v) is 2.88. The first kappa shape index (κ1) is 6.75. The van der Waals surface area contributed by atoms with Gasteiger partial charge in [-0.05, 0) is 6.26 Å². The van der Waals surface area contributed by atoms with Crippen molar-refractivity contribution < 1.29 is 9.60 Å². The molecule has 0 bridgehead atoms. The summed E-state index contributed by atoms with van der Waals surface area (Å²) in [5.74, 6) is 0. The number of nitrogens with zero attached hydrogens (tertiary/aromatic N) is 1.